The number of allylic oxidation sites excluding steroid dienone is 1. The molecule has 0 saturated carbocycles. The second-order valence-corrected chi connectivity index (χ2v) is 5.91. The van der Waals surface area contributed by atoms with Crippen molar-refractivity contribution in [3.05, 3.63) is 71.8 Å². The van der Waals surface area contributed by atoms with E-state index in [4.69, 9.17) is 5.73 Å². The summed E-state index contributed by atoms with van der Waals surface area (Å²) in [6.07, 6.45) is 8.52. The first kappa shape index (κ1) is 14.1. The van der Waals surface area contributed by atoms with Gasteiger partial charge in [0, 0.05) is 6.04 Å². The Morgan fingerprint density at radius 3 is 2.24 bits per heavy atom. The zero-order valence-electron chi connectivity index (χ0n) is 12.5. The van der Waals surface area contributed by atoms with Crippen LogP contribution in [-0.2, 0) is 0 Å². The SMILES string of the molecule is NC(CC1=CCCCC1)c1ccc(-c2ccccc2)cc1. The zero-order valence-corrected chi connectivity index (χ0v) is 12.5. The van der Waals surface area contributed by atoms with Gasteiger partial charge in [0.15, 0.2) is 0 Å². The van der Waals surface area contributed by atoms with Crippen molar-refractivity contribution in [2.75, 3.05) is 0 Å². The van der Waals surface area contributed by atoms with Crippen LogP contribution in [0.5, 0.6) is 0 Å². The van der Waals surface area contributed by atoms with E-state index in [-0.39, 0.29) is 6.04 Å². The highest BCUT2D eigenvalue weighted by atomic mass is 14.6. The van der Waals surface area contributed by atoms with E-state index in [0.717, 1.165) is 6.42 Å². The van der Waals surface area contributed by atoms with Gasteiger partial charge >= 0.3 is 0 Å². The van der Waals surface area contributed by atoms with Gasteiger partial charge in [0.1, 0.15) is 0 Å². The number of nitrogens with two attached hydrogens (primary N) is 1. The molecule has 1 atom stereocenters. The Balaban J connectivity index is 1.70. The minimum atomic E-state index is 0.124. The van der Waals surface area contributed by atoms with Gasteiger partial charge in [0.2, 0.25) is 0 Å². The van der Waals surface area contributed by atoms with Crippen LogP contribution < -0.4 is 5.73 Å². The lowest BCUT2D eigenvalue weighted by atomic mass is 9.91. The minimum Gasteiger partial charge on any atom is -0.324 e. The van der Waals surface area contributed by atoms with E-state index in [1.54, 1.807) is 5.57 Å². The maximum Gasteiger partial charge on any atom is 0.0332 e. The highest BCUT2D eigenvalue weighted by molar-refractivity contribution is 5.63. The molecule has 1 heteroatoms. The van der Waals surface area contributed by atoms with Crippen LogP contribution in [0.2, 0.25) is 0 Å². The van der Waals surface area contributed by atoms with Crippen LogP contribution >= 0.6 is 0 Å². The van der Waals surface area contributed by atoms with Gasteiger partial charge < -0.3 is 5.73 Å². The van der Waals surface area contributed by atoms with Gasteiger partial charge in [-0.25, -0.2) is 0 Å². The third kappa shape index (κ3) is 3.62. The van der Waals surface area contributed by atoms with Crippen molar-refractivity contribution in [3.8, 4) is 11.1 Å². The molecule has 0 heterocycles. The summed E-state index contributed by atoms with van der Waals surface area (Å²) in [5.41, 5.74) is 11.7. The zero-order chi connectivity index (χ0) is 14.5. The predicted molar refractivity (Wildman–Crippen MR) is 90.0 cm³/mol. The highest BCUT2D eigenvalue weighted by Gasteiger charge is 2.11. The second kappa shape index (κ2) is 6.73. The summed E-state index contributed by atoms with van der Waals surface area (Å²) >= 11 is 0. The molecule has 108 valence electrons. The summed E-state index contributed by atoms with van der Waals surface area (Å²) < 4.78 is 0. The Morgan fingerprint density at radius 1 is 0.857 bits per heavy atom. The van der Waals surface area contributed by atoms with Crippen molar-refractivity contribution in [1.29, 1.82) is 0 Å². The smallest absolute Gasteiger partial charge is 0.0332 e. The Labute approximate surface area is 127 Å². The monoisotopic (exact) mass is 277 g/mol. The van der Waals surface area contributed by atoms with Gasteiger partial charge in [0.25, 0.3) is 0 Å². The van der Waals surface area contributed by atoms with Gasteiger partial charge in [-0.1, -0.05) is 66.2 Å². The lowest BCUT2D eigenvalue weighted by molar-refractivity contribution is 0.628. The Hall–Kier alpha value is -1.86. The van der Waals surface area contributed by atoms with Crippen LogP contribution in [0.3, 0.4) is 0 Å². The molecule has 0 aliphatic heterocycles. The molecule has 1 unspecified atom stereocenters. The fourth-order valence-electron chi connectivity index (χ4n) is 3.04. The molecule has 21 heavy (non-hydrogen) atoms. The summed E-state index contributed by atoms with van der Waals surface area (Å²) in [7, 11) is 0. The molecule has 2 aromatic rings. The number of rotatable bonds is 4. The van der Waals surface area contributed by atoms with E-state index in [9.17, 15) is 0 Å². The van der Waals surface area contributed by atoms with Crippen molar-refractivity contribution < 1.29 is 0 Å². The summed E-state index contributed by atoms with van der Waals surface area (Å²) in [6, 6.07) is 19.3. The number of benzene rings is 2. The maximum absolute atomic E-state index is 6.37. The maximum atomic E-state index is 6.37. The molecule has 0 bridgehead atoms. The molecule has 0 saturated heterocycles. The van der Waals surface area contributed by atoms with Gasteiger partial charge in [-0.05, 0) is 48.8 Å². The van der Waals surface area contributed by atoms with Crippen molar-refractivity contribution in [2.24, 2.45) is 5.73 Å². The number of hydrogen-bond acceptors (Lipinski definition) is 1. The molecule has 0 fully saturated rings. The minimum absolute atomic E-state index is 0.124. The highest BCUT2D eigenvalue weighted by Crippen LogP contribution is 2.27. The van der Waals surface area contributed by atoms with E-state index >= 15 is 0 Å². The van der Waals surface area contributed by atoms with Crippen LogP contribution in [0.4, 0.5) is 0 Å². The predicted octanol–water partition coefficient (Wildman–Crippen LogP) is 5.24. The fourth-order valence-corrected chi connectivity index (χ4v) is 3.04. The average Bonchev–Trinajstić information content (AvgIpc) is 2.57. The van der Waals surface area contributed by atoms with Gasteiger partial charge in [-0.3, -0.25) is 0 Å². The van der Waals surface area contributed by atoms with Gasteiger partial charge in [-0.15, -0.1) is 0 Å². The summed E-state index contributed by atoms with van der Waals surface area (Å²) in [5, 5.41) is 0. The molecule has 1 aliphatic carbocycles. The molecule has 0 spiro atoms. The fraction of sp³-hybridized carbons (Fsp3) is 0.300. The second-order valence-electron chi connectivity index (χ2n) is 5.91. The molecule has 2 N–H and O–H groups in total. The van der Waals surface area contributed by atoms with Gasteiger partial charge in [0.05, 0.1) is 0 Å². The molecule has 1 nitrogen and oxygen atoms in total. The van der Waals surface area contributed by atoms with Crippen LogP contribution in [0.25, 0.3) is 11.1 Å². The van der Waals surface area contributed by atoms with Crippen LogP contribution in [-0.4, -0.2) is 0 Å². The molecule has 2 aromatic carbocycles. The third-order valence-corrected chi connectivity index (χ3v) is 4.31. The Morgan fingerprint density at radius 2 is 1.57 bits per heavy atom. The van der Waals surface area contributed by atoms with Crippen molar-refractivity contribution in [2.45, 2.75) is 38.1 Å². The van der Waals surface area contributed by atoms with E-state index in [0.29, 0.717) is 0 Å². The van der Waals surface area contributed by atoms with Crippen LogP contribution in [0.15, 0.2) is 66.2 Å². The van der Waals surface area contributed by atoms with Crippen molar-refractivity contribution >= 4 is 0 Å². The first-order valence-corrected chi connectivity index (χ1v) is 7.92. The first-order valence-electron chi connectivity index (χ1n) is 7.92. The average molecular weight is 277 g/mol. The standard InChI is InChI=1S/C20H23N/c21-20(15-16-7-3-1-4-8-16)19-13-11-18(12-14-19)17-9-5-2-6-10-17/h2,5-7,9-14,20H,1,3-4,8,15,21H2. The molecule has 0 radical (unpaired) electrons. The molecular formula is C20H23N. The van der Waals surface area contributed by atoms with Gasteiger partial charge in [-0.2, -0.15) is 0 Å². The van der Waals surface area contributed by atoms with E-state index in [2.05, 4.69) is 54.6 Å². The third-order valence-electron chi connectivity index (χ3n) is 4.31. The molecule has 3 rings (SSSR count). The Kier molecular flexibility index (Phi) is 4.52. The molecule has 0 aromatic heterocycles. The van der Waals surface area contributed by atoms with E-state index in [1.807, 2.05) is 6.07 Å². The van der Waals surface area contributed by atoms with E-state index in [1.165, 1.54) is 42.4 Å². The summed E-state index contributed by atoms with van der Waals surface area (Å²) in [5.74, 6) is 0. The van der Waals surface area contributed by atoms with Crippen LogP contribution in [0, 0.1) is 0 Å². The largest absolute Gasteiger partial charge is 0.324 e. The van der Waals surface area contributed by atoms with Crippen LogP contribution in [0.1, 0.15) is 43.7 Å². The lowest BCUT2D eigenvalue weighted by Crippen LogP contribution is -2.12. The molecule has 1 aliphatic rings. The topological polar surface area (TPSA) is 26.0 Å². The Bertz CT molecular complexity index is 595. The number of hydrogen-bond donors (Lipinski definition) is 1. The summed E-state index contributed by atoms with van der Waals surface area (Å²) in [6.45, 7) is 0. The lowest BCUT2D eigenvalue weighted by Gasteiger charge is -2.18. The van der Waals surface area contributed by atoms with Crippen molar-refractivity contribution in [3.63, 3.8) is 0 Å². The summed E-state index contributed by atoms with van der Waals surface area (Å²) in [4.78, 5) is 0. The van der Waals surface area contributed by atoms with E-state index < -0.39 is 0 Å². The first-order chi connectivity index (χ1) is 10.3. The van der Waals surface area contributed by atoms with Crippen molar-refractivity contribution in [1.82, 2.24) is 0 Å². The quantitative estimate of drug-likeness (QED) is 0.759. The molecule has 0 amide bonds. The normalized spacial score (nSPS) is 16.3. The molecular weight excluding hydrogens is 254 g/mol.